The SMILES string of the molecule is CCCNC(=S)NCc1c(Br)cnn1CC. The van der Waals surface area contributed by atoms with Crippen LogP contribution in [0.15, 0.2) is 10.7 Å². The summed E-state index contributed by atoms with van der Waals surface area (Å²) in [5.41, 5.74) is 1.11. The molecule has 0 aliphatic heterocycles. The maximum Gasteiger partial charge on any atom is 0.166 e. The number of aryl methyl sites for hydroxylation is 1. The lowest BCUT2D eigenvalue weighted by Crippen LogP contribution is -2.35. The molecule has 0 amide bonds. The Labute approximate surface area is 110 Å². The van der Waals surface area contributed by atoms with E-state index in [0.29, 0.717) is 11.7 Å². The zero-order valence-corrected chi connectivity index (χ0v) is 12.0. The molecule has 1 heterocycles. The number of nitrogens with zero attached hydrogens (tertiary/aromatic N) is 2. The molecule has 0 saturated heterocycles. The molecule has 0 fully saturated rings. The van der Waals surface area contributed by atoms with Gasteiger partial charge in [0.25, 0.3) is 0 Å². The minimum atomic E-state index is 0.684. The highest BCUT2D eigenvalue weighted by atomic mass is 79.9. The fourth-order valence-corrected chi connectivity index (χ4v) is 1.91. The molecular weight excluding hydrogens is 288 g/mol. The highest BCUT2D eigenvalue weighted by molar-refractivity contribution is 9.10. The van der Waals surface area contributed by atoms with Gasteiger partial charge in [0, 0.05) is 13.1 Å². The summed E-state index contributed by atoms with van der Waals surface area (Å²) in [4.78, 5) is 0. The van der Waals surface area contributed by atoms with Gasteiger partial charge in [0.2, 0.25) is 0 Å². The lowest BCUT2D eigenvalue weighted by molar-refractivity contribution is 0.610. The summed E-state index contributed by atoms with van der Waals surface area (Å²) in [6, 6.07) is 0. The predicted octanol–water partition coefficient (Wildman–Crippen LogP) is 2.04. The number of hydrogen-bond donors (Lipinski definition) is 2. The number of thiocarbonyl (C=S) groups is 1. The quantitative estimate of drug-likeness (QED) is 0.817. The van der Waals surface area contributed by atoms with Gasteiger partial charge in [-0.25, -0.2) is 0 Å². The van der Waals surface area contributed by atoms with Gasteiger partial charge in [0.15, 0.2) is 5.11 Å². The van der Waals surface area contributed by atoms with E-state index in [-0.39, 0.29) is 0 Å². The number of rotatable bonds is 5. The number of hydrogen-bond acceptors (Lipinski definition) is 2. The van der Waals surface area contributed by atoms with Crippen LogP contribution in [-0.4, -0.2) is 21.4 Å². The average molecular weight is 305 g/mol. The van der Waals surface area contributed by atoms with Crippen LogP contribution in [0.3, 0.4) is 0 Å². The Bertz CT molecular complexity index is 351. The smallest absolute Gasteiger partial charge is 0.166 e. The molecule has 1 aromatic rings. The summed E-state index contributed by atoms with van der Waals surface area (Å²) in [7, 11) is 0. The first-order chi connectivity index (χ1) is 7.69. The second-order valence-electron chi connectivity index (χ2n) is 3.36. The van der Waals surface area contributed by atoms with Gasteiger partial charge in [-0.15, -0.1) is 0 Å². The molecule has 0 radical (unpaired) electrons. The van der Waals surface area contributed by atoms with Crippen LogP contribution in [0.25, 0.3) is 0 Å². The molecule has 4 nitrogen and oxygen atoms in total. The second kappa shape index (κ2) is 6.85. The normalized spacial score (nSPS) is 10.2. The fourth-order valence-electron chi connectivity index (χ4n) is 1.30. The summed E-state index contributed by atoms with van der Waals surface area (Å²) in [5, 5.41) is 11.2. The molecule has 0 spiro atoms. The third kappa shape index (κ3) is 3.75. The Kier molecular flexibility index (Phi) is 5.76. The third-order valence-corrected chi connectivity index (χ3v) is 3.10. The highest BCUT2D eigenvalue weighted by Crippen LogP contribution is 2.15. The van der Waals surface area contributed by atoms with Crippen LogP contribution in [0.2, 0.25) is 0 Å². The summed E-state index contributed by atoms with van der Waals surface area (Å²) in [5.74, 6) is 0. The van der Waals surface area contributed by atoms with E-state index in [2.05, 4.69) is 45.5 Å². The largest absolute Gasteiger partial charge is 0.363 e. The molecule has 90 valence electrons. The molecule has 16 heavy (non-hydrogen) atoms. The molecule has 0 aliphatic rings. The van der Waals surface area contributed by atoms with Gasteiger partial charge in [-0.3, -0.25) is 4.68 Å². The third-order valence-electron chi connectivity index (χ3n) is 2.15. The minimum absolute atomic E-state index is 0.684. The number of halogens is 1. The van der Waals surface area contributed by atoms with Crippen molar-refractivity contribution in [2.45, 2.75) is 33.4 Å². The highest BCUT2D eigenvalue weighted by Gasteiger charge is 2.07. The standard InChI is InChI=1S/C10H17BrN4S/c1-3-5-12-10(16)13-7-9-8(11)6-14-15(9)4-2/h6H,3-5,7H2,1-2H3,(H2,12,13,16). The Morgan fingerprint density at radius 1 is 1.50 bits per heavy atom. The van der Waals surface area contributed by atoms with E-state index in [1.54, 1.807) is 0 Å². The van der Waals surface area contributed by atoms with Crippen molar-refractivity contribution in [3.8, 4) is 0 Å². The first-order valence-corrected chi connectivity index (χ1v) is 6.61. The van der Waals surface area contributed by atoms with Crippen LogP contribution in [0.4, 0.5) is 0 Å². The average Bonchev–Trinajstić information content (AvgIpc) is 2.64. The Morgan fingerprint density at radius 3 is 2.88 bits per heavy atom. The molecule has 0 unspecified atom stereocenters. The van der Waals surface area contributed by atoms with Crippen LogP contribution in [0.5, 0.6) is 0 Å². The van der Waals surface area contributed by atoms with Crippen molar-refractivity contribution in [3.05, 3.63) is 16.4 Å². The minimum Gasteiger partial charge on any atom is -0.363 e. The van der Waals surface area contributed by atoms with Crippen LogP contribution in [0, 0.1) is 0 Å². The zero-order valence-electron chi connectivity index (χ0n) is 9.59. The fraction of sp³-hybridized carbons (Fsp3) is 0.600. The van der Waals surface area contributed by atoms with E-state index in [1.807, 2.05) is 10.9 Å². The van der Waals surface area contributed by atoms with Crippen molar-refractivity contribution >= 4 is 33.3 Å². The molecular formula is C10H17BrN4S. The molecule has 2 N–H and O–H groups in total. The lowest BCUT2D eigenvalue weighted by Gasteiger charge is -2.11. The lowest BCUT2D eigenvalue weighted by atomic mass is 10.4. The first kappa shape index (κ1) is 13.4. The van der Waals surface area contributed by atoms with E-state index in [1.165, 1.54) is 0 Å². The molecule has 0 atom stereocenters. The van der Waals surface area contributed by atoms with E-state index in [4.69, 9.17) is 12.2 Å². The number of aromatic nitrogens is 2. The molecule has 1 rings (SSSR count). The number of nitrogens with one attached hydrogen (secondary N) is 2. The first-order valence-electron chi connectivity index (χ1n) is 5.40. The van der Waals surface area contributed by atoms with E-state index in [0.717, 1.165) is 29.7 Å². The molecule has 0 saturated carbocycles. The topological polar surface area (TPSA) is 41.9 Å². The van der Waals surface area contributed by atoms with Gasteiger partial charge in [-0.1, -0.05) is 6.92 Å². The van der Waals surface area contributed by atoms with Gasteiger partial charge >= 0.3 is 0 Å². The van der Waals surface area contributed by atoms with Crippen LogP contribution >= 0.6 is 28.1 Å². The Hall–Kier alpha value is -0.620. The van der Waals surface area contributed by atoms with Crippen molar-refractivity contribution in [1.29, 1.82) is 0 Å². The summed E-state index contributed by atoms with van der Waals surface area (Å²) in [6.45, 7) is 6.62. The van der Waals surface area contributed by atoms with Gasteiger partial charge in [0.05, 0.1) is 22.9 Å². The van der Waals surface area contributed by atoms with Crippen LogP contribution in [0.1, 0.15) is 26.0 Å². The zero-order chi connectivity index (χ0) is 12.0. The Morgan fingerprint density at radius 2 is 2.25 bits per heavy atom. The maximum atomic E-state index is 5.15. The van der Waals surface area contributed by atoms with Crippen molar-refractivity contribution < 1.29 is 0 Å². The van der Waals surface area contributed by atoms with Crippen molar-refractivity contribution in [1.82, 2.24) is 20.4 Å². The van der Waals surface area contributed by atoms with Crippen LogP contribution in [-0.2, 0) is 13.1 Å². The van der Waals surface area contributed by atoms with Gasteiger partial charge < -0.3 is 10.6 Å². The monoisotopic (exact) mass is 304 g/mol. The summed E-state index contributed by atoms with van der Waals surface area (Å²) >= 11 is 8.62. The maximum absolute atomic E-state index is 5.15. The Balaban J connectivity index is 2.47. The van der Waals surface area contributed by atoms with Gasteiger partial charge in [-0.2, -0.15) is 5.10 Å². The van der Waals surface area contributed by atoms with E-state index < -0.39 is 0 Å². The van der Waals surface area contributed by atoms with Crippen molar-refractivity contribution in [2.75, 3.05) is 6.54 Å². The van der Waals surface area contributed by atoms with Crippen molar-refractivity contribution in [2.24, 2.45) is 0 Å². The molecule has 0 aromatic carbocycles. The molecule has 0 bridgehead atoms. The predicted molar refractivity (Wildman–Crippen MR) is 73.3 cm³/mol. The van der Waals surface area contributed by atoms with E-state index >= 15 is 0 Å². The van der Waals surface area contributed by atoms with Crippen molar-refractivity contribution in [3.63, 3.8) is 0 Å². The van der Waals surface area contributed by atoms with E-state index in [9.17, 15) is 0 Å². The van der Waals surface area contributed by atoms with Crippen LogP contribution < -0.4 is 10.6 Å². The summed E-state index contributed by atoms with van der Waals surface area (Å²) < 4.78 is 2.96. The summed E-state index contributed by atoms with van der Waals surface area (Å²) in [6.07, 6.45) is 2.88. The van der Waals surface area contributed by atoms with Gasteiger partial charge in [-0.05, 0) is 41.5 Å². The molecule has 0 aliphatic carbocycles. The second-order valence-corrected chi connectivity index (χ2v) is 4.63. The molecule has 6 heteroatoms. The van der Waals surface area contributed by atoms with Gasteiger partial charge in [0.1, 0.15) is 0 Å². The molecule has 1 aromatic heterocycles.